The lowest BCUT2D eigenvalue weighted by molar-refractivity contribution is -0.337. The van der Waals surface area contributed by atoms with Gasteiger partial charge in [0.25, 0.3) is 0 Å². The molecule has 7 nitrogen and oxygen atoms in total. The topological polar surface area (TPSA) is 102 Å². The van der Waals surface area contributed by atoms with Gasteiger partial charge in [-0.25, -0.2) is 9.59 Å². The lowest BCUT2D eigenvalue weighted by Gasteiger charge is -2.35. The Kier molecular flexibility index (Phi) is 7.36. The Balaban J connectivity index is 1.64. The van der Waals surface area contributed by atoms with Crippen LogP contribution in [0.4, 0.5) is 13.6 Å². The predicted molar refractivity (Wildman–Crippen MR) is 106 cm³/mol. The van der Waals surface area contributed by atoms with Crippen LogP contribution in [0, 0.1) is 5.92 Å². The molecule has 2 fully saturated rings. The number of ether oxygens (including phenoxy) is 3. The molecule has 176 valence electrons. The maximum absolute atomic E-state index is 14.3. The summed E-state index contributed by atoms with van der Waals surface area (Å²) in [5.74, 6) is -8.62. The van der Waals surface area contributed by atoms with Gasteiger partial charge in [-0.2, -0.15) is 8.78 Å². The number of aliphatic carboxylic acids is 1. The van der Waals surface area contributed by atoms with Crippen LogP contribution in [0.5, 0.6) is 5.75 Å². The van der Waals surface area contributed by atoms with E-state index >= 15 is 0 Å². The van der Waals surface area contributed by atoms with Crippen molar-refractivity contribution in [2.75, 3.05) is 0 Å². The Morgan fingerprint density at radius 1 is 1.03 bits per heavy atom. The number of hydrogen-bond acceptors (Lipinski definition) is 7. The SMILES string of the molecule is CC1(OC(=O)Oc2ccc(C(=O)OC(C3CCCCC3)C(F)(F)C(=O)[O-])cc2)CCCC1. The van der Waals surface area contributed by atoms with Gasteiger partial charge in [0.2, 0.25) is 0 Å². The van der Waals surface area contributed by atoms with Crippen molar-refractivity contribution in [3.63, 3.8) is 0 Å². The first-order valence-corrected chi connectivity index (χ1v) is 10.9. The maximum Gasteiger partial charge on any atom is 0.514 e. The van der Waals surface area contributed by atoms with Gasteiger partial charge in [-0.05, 0) is 69.7 Å². The average molecular weight is 453 g/mol. The largest absolute Gasteiger partial charge is 0.544 e. The Bertz CT molecular complexity index is 825. The van der Waals surface area contributed by atoms with Crippen molar-refractivity contribution in [2.45, 2.75) is 82.3 Å². The first kappa shape index (κ1) is 23.9. The zero-order chi connectivity index (χ0) is 23.4. The van der Waals surface area contributed by atoms with E-state index in [0.717, 1.165) is 32.1 Å². The van der Waals surface area contributed by atoms with E-state index in [2.05, 4.69) is 0 Å². The number of halogens is 2. The molecule has 0 aromatic heterocycles. The molecule has 0 saturated heterocycles. The Labute approximate surface area is 185 Å². The van der Waals surface area contributed by atoms with E-state index < -0.39 is 41.6 Å². The molecule has 0 heterocycles. The second-order valence-corrected chi connectivity index (χ2v) is 8.77. The Morgan fingerprint density at radius 3 is 2.19 bits per heavy atom. The number of hydrogen-bond donors (Lipinski definition) is 0. The third-order valence-electron chi connectivity index (χ3n) is 6.22. The van der Waals surface area contributed by atoms with Gasteiger partial charge >= 0.3 is 18.0 Å². The fraction of sp³-hybridized carbons (Fsp3) is 0.609. The minimum Gasteiger partial charge on any atom is -0.544 e. The highest BCUT2D eigenvalue weighted by molar-refractivity contribution is 5.90. The molecule has 0 N–H and O–H groups in total. The first-order chi connectivity index (χ1) is 15.1. The number of alkyl halides is 2. The molecule has 2 aliphatic rings. The van der Waals surface area contributed by atoms with E-state index in [-0.39, 0.29) is 11.3 Å². The van der Waals surface area contributed by atoms with E-state index in [4.69, 9.17) is 14.2 Å². The van der Waals surface area contributed by atoms with Crippen LogP contribution in [-0.4, -0.2) is 35.7 Å². The molecule has 0 amide bonds. The maximum atomic E-state index is 14.3. The highest BCUT2D eigenvalue weighted by atomic mass is 19.3. The second kappa shape index (κ2) is 9.83. The third-order valence-corrected chi connectivity index (χ3v) is 6.22. The van der Waals surface area contributed by atoms with Crippen molar-refractivity contribution in [1.29, 1.82) is 0 Å². The molecule has 3 rings (SSSR count). The normalized spacial score (nSPS) is 19.7. The molecule has 2 saturated carbocycles. The summed E-state index contributed by atoms with van der Waals surface area (Å²) < 4.78 is 44.0. The average Bonchev–Trinajstić information content (AvgIpc) is 3.18. The van der Waals surface area contributed by atoms with E-state index in [9.17, 15) is 28.3 Å². The molecular formula is C23H27F2O7-. The molecule has 0 radical (unpaired) electrons. The van der Waals surface area contributed by atoms with Crippen LogP contribution in [-0.2, 0) is 14.3 Å². The summed E-state index contributed by atoms with van der Waals surface area (Å²) in [5, 5.41) is 11.0. The van der Waals surface area contributed by atoms with Gasteiger partial charge in [0.15, 0.2) is 6.10 Å². The molecule has 0 bridgehead atoms. The third kappa shape index (κ3) is 5.75. The summed E-state index contributed by atoms with van der Waals surface area (Å²) in [6.45, 7) is 1.84. The van der Waals surface area contributed by atoms with Gasteiger partial charge in [0.05, 0.1) is 5.56 Å². The lowest BCUT2D eigenvalue weighted by atomic mass is 9.83. The molecule has 2 aliphatic carbocycles. The summed E-state index contributed by atoms with van der Waals surface area (Å²) >= 11 is 0. The Morgan fingerprint density at radius 2 is 1.62 bits per heavy atom. The standard InChI is InChI=1S/C23H28F2O7/c1-22(13-5-6-14-22)32-21(29)30-17-11-9-16(10-12-17)19(26)31-18(23(24,25)20(27)28)15-7-3-2-4-8-15/h9-12,15,18H,2-8,13-14H2,1H3,(H,27,28)/p-1. The van der Waals surface area contributed by atoms with Crippen LogP contribution in [0.2, 0.25) is 0 Å². The highest BCUT2D eigenvalue weighted by Crippen LogP contribution is 2.36. The minimum absolute atomic E-state index is 0.0802. The van der Waals surface area contributed by atoms with Crippen molar-refractivity contribution in [2.24, 2.45) is 5.92 Å². The van der Waals surface area contributed by atoms with Crippen molar-refractivity contribution < 1.29 is 42.5 Å². The van der Waals surface area contributed by atoms with Crippen LogP contribution >= 0.6 is 0 Å². The summed E-state index contributed by atoms with van der Waals surface area (Å²) in [5.41, 5.74) is -0.637. The summed E-state index contributed by atoms with van der Waals surface area (Å²) in [6, 6.07) is 5.11. The fourth-order valence-corrected chi connectivity index (χ4v) is 4.40. The van der Waals surface area contributed by atoms with Gasteiger partial charge < -0.3 is 24.1 Å². The summed E-state index contributed by atoms with van der Waals surface area (Å²) in [7, 11) is 0. The molecule has 0 spiro atoms. The zero-order valence-electron chi connectivity index (χ0n) is 17.9. The van der Waals surface area contributed by atoms with E-state index in [1.54, 1.807) is 0 Å². The Hall–Kier alpha value is -2.71. The predicted octanol–water partition coefficient (Wildman–Crippen LogP) is 4.03. The van der Waals surface area contributed by atoms with Crippen LogP contribution in [0.25, 0.3) is 0 Å². The summed E-state index contributed by atoms with van der Waals surface area (Å²) in [4.78, 5) is 35.5. The molecule has 9 heteroatoms. The van der Waals surface area contributed by atoms with Gasteiger partial charge in [-0.15, -0.1) is 0 Å². The van der Waals surface area contributed by atoms with E-state index in [1.807, 2.05) is 6.92 Å². The number of esters is 1. The van der Waals surface area contributed by atoms with Gasteiger partial charge in [-0.3, -0.25) is 0 Å². The van der Waals surface area contributed by atoms with Gasteiger partial charge in [-0.1, -0.05) is 19.3 Å². The van der Waals surface area contributed by atoms with E-state index in [1.165, 1.54) is 24.3 Å². The van der Waals surface area contributed by atoms with Crippen LogP contribution in [0.3, 0.4) is 0 Å². The quantitative estimate of drug-likeness (QED) is 0.454. The number of benzene rings is 1. The van der Waals surface area contributed by atoms with Crippen LogP contribution in [0.1, 0.15) is 75.1 Å². The zero-order valence-corrected chi connectivity index (χ0v) is 17.9. The van der Waals surface area contributed by atoms with Crippen molar-refractivity contribution in [3.05, 3.63) is 29.8 Å². The lowest BCUT2D eigenvalue weighted by Crippen LogP contribution is -2.54. The van der Waals surface area contributed by atoms with Crippen molar-refractivity contribution >= 4 is 18.1 Å². The van der Waals surface area contributed by atoms with Crippen LogP contribution < -0.4 is 9.84 Å². The number of carbonyl (C=O) groups is 3. The molecule has 0 aliphatic heterocycles. The van der Waals surface area contributed by atoms with Crippen molar-refractivity contribution in [3.8, 4) is 5.75 Å². The van der Waals surface area contributed by atoms with Gasteiger partial charge in [0, 0.05) is 5.92 Å². The number of carboxylic acids is 1. The van der Waals surface area contributed by atoms with Gasteiger partial charge in [0.1, 0.15) is 17.3 Å². The molecule has 1 atom stereocenters. The second-order valence-electron chi connectivity index (χ2n) is 8.77. The number of carboxylic acid groups (broad SMARTS) is 1. The number of rotatable bonds is 7. The monoisotopic (exact) mass is 453 g/mol. The molecule has 1 aromatic carbocycles. The number of carbonyl (C=O) groups excluding carboxylic acids is 3. The molecular weight excluding hydrogens is 426 g/mol. The van der Waals surface area contributed by atoms with Crippen LogP contribution in [0.15, 0.2) is 24.3 Å². The first-order valence-electron chi connectivity index (χ1n) is 10.9. The highest BCUT2D eigenvalue weighted by Gasteiger charge is 2.48. The molecule has 1 aromatic rings. The smallest absolute Gasteiger partial charge is 0.514 e. The van der Waals surface area contributed by atoms with Crippen molar-refractivity contribution in [1.82, 2.24) is 0 Å². The molecule has 32 heavy (non-hydrogen) atoms. The fourth-order valence-electron chi connectivity index (χ4n) is 4.40. The minimum atomic E-state index is -4.30. The molecule has 1 unspecified atom stereocenters. The summed E-state index contributed by atoms with van der Waals surface area (Å²) in [6.07, 6.45) is 3.33. The van der Waals surface area contributed by atoms with E-state index in [0.29, 0.717) is 25.7 Å².